The van der Waals surface area contributed by atoms with E-state index in [-0.39, 0.29) is 117 Å². The number of fused-ring (bicyclic) bond motifs is 6. The standard InChI is InChI=1S/3C15H24O2.Eu/c3*1-13(2,3)11(16)10-9-7-8-15(6,12(10)17)14(9,4)5;/h3*9,17H,7-8H2,1-6H3;/t3*9-,15+;/m111./s1. The number of Topliss-reactive ketones (excluding diaryl/α,β-unsaturated/α-hetero) is 3. The van der Waals surface area contributed by atoms with Crippen molar-refractivity contribution >= 4 is 17.3 Å². The van der Waals surface area contributed by atoms with Crippen molar-refractivity contribution in [3.05, 3.63) is 34.0 Å². The van der Waals surface area contributed by atoms with Crippen molar-refractivity contribution in [2.75, 3.05) is 0 Å². The molecule has 0 aliphatic heterocycles. The van der Waals surface area contributed by atoms with Crippen LogP contribution in [0.1, 0.15) is 163 Å². The van der Waals surface area contributed by atoms with Gasteiger partial charge in [0, 0.05) is 98.6 Å². The molecule has 3 N–H and O–H groups in total. The van der Waals surface area contributed by atoms with Gasteiger partial charge in [0.05, 0.1) is 0 Å². The van der Waals surface area contributed by atoms with E-state index < -0.39 is 16.2 Å². The van der Waals surface area contributed by atoms with Crippen LogP contribution in [0.4, 0.5) is 0 Å². The molecular formula is C45H72EuO6. The van der Waals surface area contributed by atoms with Gasteiger partial charge in [0.25, 0.3) is 0 Å². The molecule has 0 spiro atoms. The molecule has 6 aliphatic carbocycles. The molecule has 295 valence electrons. The van der Waals surface area contributed by atoms with Gasteiger partial charge in [-0.2, -0.15) is 0 Å². The normalized spacial score (nSPS) is 34.8. The second kappa shape index (κ2) is 13.4. The zero-order valence-corrected chi connectivity index (χ0v) is 38.3. The number of aliphatic hydroxyl groups excluding tert-OH is 3. The van der Waals surface area contributed by atoms with E-state index in [9.17, 15) is 29.7 Å². The molecule has 0 saturated heterocycles. The minimum Gasteiger partial charge on any atom is -0.511 e. The minimum absolute atomic E-state index is 0. The average molecular weight is 861 g/mol. The number of rotatable bonds is 3. The molecule has 7 heteroatoms. The van der Waals surface area contributed by atoms with Crippen molar-refractivity contribution in [2.45, 2.75) is 163 Å². The maximum absolute atomic E-state index is 12.5. The summed E-state index contributed by atoms with van der Waals surface area (Å²) in [6.07, 6.45) is 6.09. The molecule has 52 heavy (non-hydrogen) atoms. The van der Waals surface area contributed by atoms with E-state index in [0.29, 0.717) is 17.3 Å². The second-order valence-corrected chi connectivity index (χ2v) is 22.5. The first kappa shape index (κ1) is 45.6. The summed E-state index contributed by atoms with van der Waals surface area (Å²) in [5.41, 5.74) is 0.369. The van der Waals surface area contributed by atoms with Gasteiger partial charge in [-0.15, -0.1) is 0 Å². The molecule has 0 unspecified atom stereocenters. The van der Waals surface area contributed by atoms with Crippen LogP contribution in [0.2, 0.25) is 0 Å². The third-order valence-electron chi connectivity index (χ3n) is 15.8. The Labute approximate surface area is 357 Å². The van der Waals surface area contributed by atoms with Crippen molar-refractivity contribution in [3.63, 3.8) is 0 Å². The van der Waals surface area contributed by atoms with E-state index >= 15 is 0 Å². The molecule has 3 saturated carbocycles. The maximum Gasteiger partial charge on any atom is 0.167 e. The molecule has 1 radical (unpaired) electrons. The van der Waals surface area contributed by atoms with Gasteiger partial charge in [0.1, 0.15) is 17.3 Å². The van der Waals surface area contributed by atoms with Crippen LogP contribution in [0.15, 0.2) is 34.0 Å². The first-order valence-electron chi connectivity index (χ1n) is 19.6. The fraction of sp³-hybridized carbons (Fsp3) is 0.800. The van der Waals surface area contributed by atoms with E-state index in [4.69, 9.17) is 0 Å². The second-order valence-electron chi connectivity index (χ2n) is 22.5. The van der Waals surface area contributed by atoms with E-state index in [0.717, 1.165) is 55.2 Å². The van der Waals surface area contributed by atoms with Gasteiger partial charge >= 0.3 is 0 Å². The van der Waals surface area contributed by atoms with Crippen molar-refractivity contribution < 1.29 is 79.1 Å². The fourth-order valence-corrected chi connectivity index (χ4v) is 10.7. The Kier molecular flexibility index (Phi) is 11.8. The minimum atomic E-state index is -0.403. The van der Waals surface area contributed by atoms with E-state index in [1.54, 1.807) is 0 Å². The van der Waals surface area contributed by atoms with E-state index in [2.05, 4.69) is 62.3 Å². The van der Waals surface area contributed by atoms with Crippen LogP contribution in [0.5, 0.6) is 0 Å². The molecule has 3 fully saturated rings. The van der Waals surface area contributed by atoms with Crippen LogP contribution in [0.3, 0.4) is 0 Å². The topological polar surface area (TPSA) is 112 Å². The molecule has 0 amide bonds. The monoisotopic (exact) mass is 861 g/mol. The van der Waals surface area contributed by atoms with E-state index in [1.165, 1.54) is 0 Å². The SMILES string of the molecule is CC(C)(C)C(=O)C1=C(O)[C@]2(C)CC[C@H]1C2(C)C.CC(C)(C)C(=O)C1=C(O)[C@]2(C)CC[C@H]1C2(C)C.CC(C)(C)C(=O)C1=C(O)[C@]2(C)CC[C@H]1C2(C)C.[Eu]. The Morgan fingerprint density at radius 3 is 0.731 bits per heavy atom. The number of hydrogen-bond donors (Lipinski definition) is 3. The van der Waals surface area contributed by atoms with Gasteiger partial charge in [-0.25, -0.2) is 0 Å². The van der Waals surface area contributed by atoms with Gasteiger partial charge in [-0.3, -0.25) is 14.4 Å². The zero-order valence-electron chi connectivity index (χ0n) is 35.9. The van der Waals surface area contributed by atoms with Gasteiger partial charge in [-0.1, -0.05) is 125 Å². The summed E-state index contributed by atoms with van der Waals surface area (Å²) in [7, 11) is 0. The number of carbonyl (C=O) groups excluding carboxylic acids is 3. The van der Waals surface area contributed by atoms with Gasteiger partial charge in [-0.05, 0) is 72.5 Å². The van der Waals surface area contributed by atoms with Crippen LogP contribution in [-0.2, 0) is 14.4 Å². The summed E-state index contributed by atoms with van der Waals surface area (Å²) in [5, 5.41) is 31.4. The van der Waals surface area contributed by atoms with Crippen molar-refractivity contribution in [2.24, 2.45) is 66.5 Å². The predicted molar refractivity (Wildman–Crippen MR) is 206 cm³/mol. The average Bonchev–Trinajstić information content (AvgIpc) is 3.59. The number of allylic oxidation sites excluding steroid dienone is 6. The summed E-state index contributed by atoms with van der Waals surface area (Å²) < 4.78 is 0. The van der Waals surface area contributed by atoms with Crippen molar-refractivity contribution in [3.8, 4) is 0 Å². The Bertz CT molecular complexity index is 1420. The van der Waals surface area contributed by atoms with Gasteiger partial charge < -0.3 is 15.3 Å². The Morgan fingerprint density at radius 1 is 0.442 bits per heavy atom. The predicted octanol–water partition coefficient (Wildman–Crippen LogP) is 11.6. The molecule has 0 aromatic carbocycles. The van der Waals surface area contributed by atoms with Gasteiger partial charge in [0.2, 0.25) is 0 Å². The Balaban J connectivity index is 0.000000208. The largest absolute Gasteiger partial charge is 0.511 e. The first-order valence-corrected chi connectivity index (χ1v) is 19.6. The summed E-state index contributed by atoms with van der Waals surface area (Å²) >= 11 is 0. The molecule has 6 rings (SSSR count). The molecule has 6 nitrogen and oxygen atoms in total. The third-order valence-corrected chi connectivity index (χ3v) is 15.8. The Hall–Kier alpha value is -0.786. The van der Waals surface area contributed by atoms with Crippen molar-refractivity contribution in [1.29, 1.82) is 0 Å². The zero-order chi connectivity index (χ0) is 39.7. The van der Waals surface area contributed by atoms with Gasteiger partial charge in [0.15, 0.2) is 17.3 Å². The molecule has 6 bridgehead atoms. The summed E-state index contributed by atoms with van der Waals surface area (Å²) in [5.74, 6) is 2.19. The third kappa shape index (κ3) is 6.35. The van der Waals surface area contributed by atoms with Crippen LogP contribution in [0.25, 0.3) is 0 Å². The maximum atomic E-state index is 12.5. The quantitative estimate of drug-likeness (QED) is 0.261. The molecule has 0 heterocycles. The summed E-state index contributed by atoms with van der Waals surface area (Å²) in [4.78, 5) is 37.4. The summed E-state index contributed by atoms with van der Waals surface area (Å²) in [6, 6.07) is 0. The van der Waals surface area contributed by atoms with Crippen LogP contribution >= 0.6 is 0 Å². The molecular weight excluding hydrogens is 788 g/mol. The first-order chi connectivity index (χ1) is 22.6. The van der Waals surface area contributed by atoms with E-state index in [1.807, 2.05) is 62.3 Å². The van der Waals surface area contributed by atoms with Crippen LogP contribution in [-0.4, -0.2) is 32.7 Å². The number of aliphatic hydroxyl groups is 3. The molecule has 0 aromatic heterocycles. The van der Waals surface area contributed by atoms with Crippen molar-refractivity contribution in [1.82, 2.24) is 0 Å². The smallest absolute Gasteiger partial charge is 0.167 e. The molecule has 0 aromatic rings. The number of hydrogen-bond acceptors (Lipinski definition) is 6. The Morgan fingerprint density at radius 2 is 0.615 bits per heavy atom. The fourth-order valence-electron chi connectivity index (χ4n) is 10.7. The van der Waals surface area contributed by atoms with Crippen LogP contribution < -0.4 is 0 Å². The number of ketones is 3. The molecule has 6 atom stereocenters. The number of carbonyl (C=O) groups is 3. The summed E-state index contributed by atoms with van der Waals surface area (Å²) in [6.45, 7) is 36.8. The van der Waals surface area contributed by atoms with Crippen LogP contribution in [0, 0.1) is 116 Å². The molecule has 6 aliphatic rings.